The molecule has 1 atom stereocenters. The predicted octanol–water partition coefficient (Wildman–Crippen LogP) is -1.58. The Morgan fingerprint density at radius 1 is 1.45 bits per heavy atom. The lowest BCUT2D eigenvalue weighted by atomic mass is 10.2. The number of nitrogens with one attached hydrogen (secondary N) is 2. The Morgan fingerprint density at radius 2 is 2.15 bits per heavy atom. The summed E-state index contributed by atoms with van der Waals surface area (Å²) >= 11 is 0. The van der Waals surface area contributed by atoms with Crippen molar-refractivity contribution in [2.24, 2.45) is 0 Å². The summed E-state index contributed by atoms with van der Waals surface area (Å²) in [5.74, 6) is -1.41. The fraction of sp³-hybridized carbons (Fsp3) is 0.800. The Balaban J connectivity index is 2.47. The van der Waals surface area contributed by atoms with Crippen molar-refractivity contribution in [3.63, 3.8) is 0 Å². The van der Waals surface area contributed by atoms with Crippen LogP contribution >= 0.6 is 0 Å². The van der Waals surface area contributed by atoms with Gasteiger partial charge in [0.1, 0.15) is 0 Å². The molecule has 1 heterocycles. The number of ether oxygens (including phenoxy) is 1. The molecule has 0 bridgehead atoms. The molecule has 0 aromatic heterocycles. The standard InChI is InChI=1S/C10H19N3O6S/c1-2-12-20(17,18)6-3-11-10(16)13-4-5-19-7-8(13)9(14)15/h8,12H,2-7H2,1H3,(H,11,16)(H,14,15). The summed E-state index contributed by atoms with van der Waals surface area (Å²) in [5.41, 5.74) is 0. The maximum Gasteiger partial charge on any atom is 0.328 e. The van der Waals surface area contributed by atoms with Gasteiger partial charge in [0.2, 0.25) is 10.0 Å². The summed E-state index contributed by atoms with van der Waals surface area (Å²) in [6.45, 7) is 2.19. The molecule has 1 aliphatic rings. The quantitative estimate of drug-likeness (QED) is 0.544. The van der Waals surface area contributed by atoms with E-state index in [-0.39, 0.29) is 38.6 Å². The second kappa shape index (κ2) is 7.41. The van der Waals surface area contributed by atoms with Crippen LogP contribution < -0.4 is 10.0 Å². The van der Waals surface area contributed by atoms with Gasteiger partial charge in [-0.15, -0.1) is 0 Å². The Bertz CT molecular complexity index is 452. The van der Waals surface area contributed by atoms with Gasteiger partial charge in [0.05, 0.1) is 19.0 Å². The number of carboxylic acids is 1. The van der Waals surface area contributed by atoms with E-state index in [1.54, 1.807) is 6.92 Å². The van der Waals surface area contributed by atoms with Crippen LogP contribution in [0.25, 0.3) is 0 Å². The molecule has 10 heteroatoms. The number of carboxylic acid groups (broad SMARTS) is 1. The molecule has 1 rings (SSSR count). The van der Waals surface area contributed by atoms with E-state index in [0.29, 0.717) is 0 Å². The van der Waals surface area contributed by atoms with Gasteiger partial charge in [-0.2, -0.15) is 0 Å². The van der Waals surface area contributed by atoms with E-state index in [1.165, 1.54) is 0 Å². The highest BCUT2D eigenvalue weighted by Gasteiger charge is 2.32. The number of carbonyl (C=O) groups is 2. The third-order valence-corrected chi connectivity index (χ3v) is 4.16. The Labute approximate surface area is 117 Å². The molecule has 0 aliphatic carbocycles. The van der Waals surface area contributed by atoms with Crippen LogP contribution in [-0.4, -0.2) is 75.1 Å². The lowest BCUT2D eigenvalue weighted by molar-refractivity contribution is -0.147. The van der Waals surface area contributed by atoms with Crippen molar-refractivity contribution < 1.29 is 27.9 Å². The number of morpholine rings is 1. The first-order valence-corrected chi connectivity index (χ1v) is 7.85. The van der Waals surface area contributed by atoms with Gasteiger partial charge < -0.3 is 20.1 Å². The number of rotatable bonds is 6. The number of carbonyl (C=O) groups excluding carboxylic acids is 1. The summed E-state index contributed by atoms with van der Waals surface area (Å²) in [6.07, 6.45) is 0. The van der Waals surface area contributed by atoms with Gasteiger partial charge in [0.15, 0.2) is 6.04 Å². The van der Waals surface area contributed by atoms with Crippen molar-refractivity contribution in [1.82, 2.24) is 14.9 Å². The molecule has 1 saturated heterocycles. The fourth-order valence-corrected chi connectivity index (χ4v) is 2.69. The summed E-state index contributed by atoms with van der Waals surface area (Å²) < 4.78 is 30.0. The van der Waals surface area contributed by atoms with Gasteiger partial charge in [-0.3, -0.25) is 0 Å². The molecular weight excluding hydrogens is 290 g/mol. The van der Waals surface area contributed by atoms with Gasteiger partial charge >= 0.3 is 12.0 Å². The molecule has 116 valence electrons. The average Bonchev–Trinajstić information content (AvgIpc) is 2.38. The normalized spacial score (nSPS) is 19.6. The van der Waals surface area contributed by atoms with Crippen LogP contribution in [0.3, 0.4) is 0 Å². The maximum atomic E-state index is 11.8. The first-order chi connectivity index (χ1) is 9.37. The molecular formula is C10H19N3O6S. The summed E-state index contributed by atoms with van der Waals surface area (Å²) in [6, 6.07) is -1.65. The van der Waals surface area contributed by atoms with Gasteiger partial charge in [0.25, 0.3) is 0 Å². The number of hydrogen-bond acceptors (Lipinski definition) is 5. The third-order valence-electron chi connectivity index (χ3n) is 2.69. The van der Waals surface area contributed by atoms with Crippen LogP contribution in [0.15, 0.2) is 0 Å². The van der Waals surface area contributed by atoms with Gasteiger partial charge in [-0.1, -0.05) is 6.92 Å². The smallest absolute Gasteiger partial charge is 0.328 e. The highest BCUT2D eigenvalue weighted by atomic mass is 32.2. The molecule has 2 amide bonds. The first-order valence-electron chi connectivity index (χ1n) is 6.19. The minimum absolute atomic E-state index is 0.0710. The molecule has 3 N–H and O–H groups in total. The highest BCUT2D eigenvalue weighted by Crippen LogP contribution is 2.07. The van der Waals surface area contributed by atoms with Gasteiger partial charge in [-0.05, 0) is 0 Å². The van der Waals surface area contributed by atoms with Crippen LogP contribution in [-0.2, 0) is 19.6 Å². The van der Waals surface area contributed by atoms with Crippen LogP contribution in [0.5, 0.6) is 0 Å². The lowest BCUT2D eigenvalue weighted by Gasteiger charge is -2.32. The van der Waals surface area contributed by atoms with E-state index < -0.39 is 28.1 Å². The molecule has 0 saturated carbocycles. The molecule has 0 radical (unpaired) electrons. The molecule has 0 spiro atoms. The Kier molecular flexibility index (Phi) is 6.17. The topological polar surface area (TPSA) is 125 Å². The van der Waals surface area contributed by atoms with Crippen molar-refractivity contribution in [3.8, 4) is 0 Å². The minimum Gasteiger partial charge on any atom is -0.480 e. The number of amides is 2. The number of nitrogens with zero attached hydrogens (tertiary/aromatic N) is 1. The minimum atomic E-state index is -3.41. The predicted molar refractivity (Wildman–Crippen MR) is 69.8 cm³/mol. The maximum absolute atomic E-state index is 11.8. The Hall–Kier alpha value is -1.39. The van der Waals surface area contributed by atoms with Crippen molar-refractivity contribution in [2.45, 2.75) is 13.0 Å². The number of sulfonamides is 1. The third kappa shape index (κ3) is 4.94. The number of hydrogen-bond donors (Lipinski definition) is 3. The van der Waals surface area contributed by atoms with Gasteiger partial charge in [-0.25, -0.2) is 22.7 Å². The SMILES string of the molecule is CCNS(=O)(=O)CCNC(=O)N1CCOCC1C(=O)O. The molecule has 0 aromatic rings. The Morgan fingerprint density at radius 3 is 2.75 bits per heavy atom. The second-order valence-electron chi connectivity index (χ2n) is 4.17. The second-order valence-corrected chi connectivity index (χ2v) is 6.10. The summed E-state index contributed by atoms with van der Waals surface area (Å²) in [5, 5.41) is 11.4. The molecule has 1 unspecified atom stereocenters. The van der Waals surface area contributed by atoms with Crippen molar-refractivity contribution in [1.29, 1.82) is 0 Å². The van der Waals surface area contributed by atoms with Crippen LogP contribution in [0, 0.1) is 0 Å². The number of urea groups is 1. The summed E-state index contributed by atoms with van der Waals surface area (Å²) in [7, 11) is -3.41. The zero-order valence-corrected chi connectivity index (χ0v) is 12.0. The van der Waals surface area contributed by atoms with E-state index >= 15 is 0 Å². The molecule has 1 fully saturated rings. The largest absolute Gasteiger partial charge is 0.480 e. The van der Waals surface area contributed by atoms with Crippen molar-refractivity contribution in [3.05, 3.63) is 0 Å². The van der Waals surface area contributed by atoms with Crippen molar-refractivity contribution >= 4 is 22.0 Å². The zero-order valence-electron chi connectivity index (χ0n) is 11.2. The first kappa shape index (κ1) is 16.7. The monoisotopic (exact) mass is 309 g/mol. The number of aliphatic carboxylic acids is 1. The van der Waals surface area contributed by atoms with E-state index in [2.05, 4.69) is 10.0 Å². The van der Waals surface area contributed by atoms with E-state index in [0.717, 1.165) is 4.90 Å². The van der Waals surface area contributed by atoms with E-state index in [9.17, 15) is 18.0 Å². The van der Waals surface area contributed by atoms with Crippen LogP contribution in [0.1, 0.15) is 6.92 Å². The molecule has 1 aliphatic heterocycles. The van der Waals surface area contributed by atoms with Gasteiger partial charge in [0, 0.05) is 19.6 Å². The summed E-state index contributed by atoms with van der Waals surface area (Å²) in [4.78, 5) is 23.9. The molecule has 0 aromatic carbocycles. The fourth-order valence-electron chi connectivity index (χ4n) is 1.74. The average molecular weight is 309 g/mol. The molecule has 20 heavy (non-hydrogen) atoms. The van der Waals surface area contributed by atoms with E-state index in [4.69, 9.17) is 9.84 Å². The van der Waals surface area contributed by atoms with Crippen molar-refractivity contribution in [2.75, 3.05) is 38.6 Å². The van der Waals surface area contributed by atoms with E-state index in [1.807, 2.05) is 0 Å². The molecule has 9 nitrogen and oxygen atoms in total. The zero-order chi connectivity index (χ0) is 15.2. The van der Waals surface area contributed by atoms with Crippen LogP contribution in [0.4, 0.5) is 4.79 Å². The highest BCUT2D eigenvalue weighted by molar-refractivity contribution is 7.89. The van der Waals surface area contributed by atoms with Crippen LogP contribution in [0.2, 0.25) is 0 Å². The lowest BCUT2D eigenvalue weighted by Crippen LogP contribution is -2.56.